The van der Waals surface area contributed by atoms with E-state index in [0.717, 1.165) is 10.0 Å². The van der Waals surface area contributed by atoms with Crippen LogP contribution in [0.15, 0.2) is 34.8 Å². The Morgan fingerprint density at radius 1 is 1.32 bits per heavy atom. The summed E-state index contributed by atoms with van der Waals surface area (Å²) in [4.78, 5) is 18.9. The number of benzene rings is 2. The van der Waals surface area contributed by atoms with Gasteiger partial charge in [0.05, 0.1) is 23.8 Å². The number of hydrogen-bond acceptors (Lipinski definition) is 3. The highest BCUT2D eigenvalue weighted by molar-refractivity contribution is 9.10. The van der Waals surface area contributed by atoms with Crippen molar-refractivity contribution in [3.05, 3.63) is 51.8 Å². The lowest BCUT2D eigenvalue weighted by Crippen LogP contribution is -2.13. The Bertz CT molecular complexity index is 956. The van der Waals surface area contributed by atoms with Gasteiger partial charge in [-0.1, -0.05) is 15.9 Å². The summed E-state index contributed by atoms with van der Waals surface area (Å²) in [6, 6.07) is 8.15. The lowest BCUT2D eigenvalue weighted by molar-refractivity contribution is 0.102. The fourth-order valence-electron chi connectivity index (χ4n) is 2.49. The summed E-state index contributed by atoms with van der Waals surface area (Å²) in [6.45, 7) is 1.84. The van der Waals surface area contributed by atoms with Crippen molar-refractivity contribution < 1.29 is 18.3 Å². The number of amides is 1. The number of halogens is 3. The van der Waals surface area contributed by atoms with Gasteiger partial charge in [-0.15, -0.1) is 0 Å². The number of aromatic amines is 1. The summed E-state index contributed by atoms with van der Waals surface area (Å²) in [5.74, 6) is -0.278. The molecule has 3 aromatic rings. The van der Waals surface area contributed by atoms with E-state index in [0.29, 0.717) is 28.0 Å². The number of H-pyrrole nitrogens is 1. The van der Waals surface area contributed by atoms with Gasteiger partial charge in [-0.25, -0.2) is 13.8 Å². The molecule has 0 aliphatic rings. The highest BCUT2D eigenvalue weighted by atomic mass is 79.9. The van der Waals surface area contributed by atoms with Gasteiger partial charge in [0.25, 0.3) is 12.3 Å². The van der Waals surface area contributed by atoms with Crippen molar-refractivity contribution in [1.82, 2.24) is 9.97 Å². The van der Waals surface area contributed by atoms with E-state index in [1.807, 2.05) is 13.0 Å². The Balaban J connectivity index is 1.92. The van der Waals surface area contributed by atoms with Gasteiger partial charge in [0.1, 0.15) is 5.75 Å². The molecule has 0 saturated carbocycles. The van der Waals surface area contributed by atoms with Crippen LogP contribution >= 0.6 is 15.9 Å². The maximum atomic E-state index is 12.7. The number of methoxy groups -OCH3 is 1. The lowest BCUT2D eigenvalue weighted by Gasteiger charge is -2.13. The van der Waals surface area contributed by atoms with Crippen LogP contribution in [0, 0.1) is 6.92 Å². The summed E-state index contributed by atoms with van der Waals surface area (Å²) < 4.78 is 31.6. The molecule has 3 rings (SSSR count). The molecular weight excluding hydrogens is 396 g/mol. The van der Waals surface area contributed by atoms with E-state index in [1.54, 1.807) is 6.07 Å². The molecule has 0 spiro atoms. The quantitative estimate of drug-likeness (QED) is 0.648. The maximum absolute atomic E-state index is 12.7. The minimum Gasteiger partial charge on any atom is -0.495 e. The van der Waals surface area contributed by atoms with E-state index >= 15 is 0 Å². The number of fused-ring (bicyclic) bond motifs is 1. The molecule has 25 heavy (non-hydrogen) atoms. The number of carbonyl (C=O) groups excluding carboxylic acids is 1. The van der Waals surface area contributed by atoms with Gasteiger partial charge in [-0.2, -0.15) is 0 Å². The molecule has 8 heteroatoms. The van der Waals surface area contributed by atoms with Gasteiger partial charge in [0.2, 0.25) is 0 Å². The second kappa shape index (κ2) is 6.79. The Kier molecular flexibility index (Phi) is 4.71. The predicted molar refractivity (Wildman–Crippen MR) is 94.4 cm³/mol. The third kappa shape index (κ3) is 3.48. The minimum atomic E-state index is -2.70. The van der Waals surface area contributed by atoms with Crippen LogP contribution in [0.1, 0.15) is 28.2 Å². The molecule has 0 radical (unpaired) electrons. The average molecular weight is 410 g/mol. The first-order valence-electron chi connectivity index (χ1n) is 7.32. The van der Waals surface area contributed by atoms with Gasteiger partial charge in [0.15, 0.2) is 5.82 Å². The summed E-state index contributed by atoms with van der Waals surface area (Å²) in [5.41, 5.74) is 2.45. The average Bonchev–Trinajstić information content (AvgIpc) is 3.00. The molecule has 1 amide bonds. The van der Waals surface area contributed by atoms with Crippen LogP contribution in [-0.4, -0.2) is 23.0 Å². The van der Waals surface area contributed by atoms with Crippen LogP contribution < -0.4 is 10.1 Å². The standard InChI is InChI=1S/C17H14BrF2N3O2/c1-8-5-10(18)7-13(25-2)14(8)23-17(24)9-3-4-11-12(6-9)22-16(21-11)15(19)20/h3-7,15H,1-2H3,(H,21,22)(H,23,24). The third-order valence-corrected chi connectivity index (χ3v) is 4.15. The monoisotopic (exact) mass is 409 g/mol. The number of hydrogen-bond donors (Lipinski definition) is 2. The second-order valence-corrected chi connectivity index (χ2v) is 6.32. The van der Waals surface area contributed by atoms with Gasteiger partial charge in [0, 0.05) is 10.0 Å². The molecule has 0 fully saturated rings. The fourth-order valence-corrected chi connectivity index (χ4v) is 3.04. The molecule has 0 atom stereocenters. The summed E-state index contributed by atoms with van der Waals surface area (Å²) in [5, 5.41) is 2.80. The number of alkyl halides is 2. The number of imidazole rings is 1. The van der Waals surface area contributed by atoms with Crippen LogP contribution in [-0.2, 0) is 0 Å². The highest BCUT2D eigenvalue weighted by Crippen LogP contribution is 2.32. The number of rotatable bonds is 4. The SMILES string of the molecule is COc1cc(Br)cc(C)c1NC(=O)c1ccc2nc(C(F)F)[nH]c2c1. The molecule has 0 saturated heterocycles. The third-order valence-electron chi connectivity index (χ3n) is 3.69. The van der Waals surface area contributed by atoms with Gasteiger partial charge in [-0.3, -0.25) is 4.79 Å². The first-order chi connectivity index (χ1) is 11.9. The van der Waals surface area contributed by atoms with Crippen molar-refractivity contribution in [2.24, 2.45) is 0 Å². The molecule has 1 aromatic heterocycles. The molecule has 0 unspecified atom stereocenters. The van der Waals surface area contributed by atoms with Crippen molar-refractivity contribution in [2.45, 2.75) is 13.3 Å². The highest BCUT2D eigenvalue weighted by Gasteiger charge is 2.16. The van der Waals surface area contributed by atoms with Crippen LogP contribution in [0.4, 0.5) is 14.5 Å². The topological polar surface area (TPSA) is 67.0 Å². The Morgan fingerprint density at radius 3 is 2.76 bits per heavy atom. The molecule has 0 aliphatic carbocycles. The summed E-state index contributed by atoms with van der Waals surface area (Å²) in [6.07, 6.45) is -2.70. The van der Waals surface area contributed by atoms with E-state index in [1.165, 1.54) is 25.3 Å². The number of anilines is 1. The van der Waals surface area contributed by atoms with E-state index in [2.05, 4.69) is 31.2 Å². The molecule has 2 N–H and O–H groups in total. The second-order valence-electron chi connectivity index (χ2n) is 5.41. The molecule has 5 nitrogen and oxygen atoms in total. The van der Waals surface area contributed by atoms with Crippen LogP contribution in [0.5, 0.6) is 5.75 Å². The normalized spacial score (nSPS) is 11.1. The van der Waals surface area contributed by atoms with E-state index in [4.69, 9.17) is 4.74 Å². The zero-order valence-electron chi connectivity index (χ0n) is 13.4. The smallest absolute Gasteiger partial charge is 0.295 e. The van der Waals surface area contributed by atoms with Crippen LogP contribution in [0.2, 0.25) is 0 Å². The summed E-state index contributed by atoms with van der Waals surface area (Å²) >= 11 is 3.38. The van der Waals surface area contributed by atoms with Crippen LogP contribution in [0.3, 0.4) is 0 Å². The Labute approximate surface area is 150 Å². The number of aromatic nitrogens is 2. The van der Waals surface area contributed by atoms with E-state index in [-0.39, 0.29) is 5.91 Å². The van der Waals surface area contributed by atoms with Crippen molar-refractivity contribution in [3.63, 3.8) is 0 Å². The molecule has 0 bridgehead atoms. The van der Waals surface area contributed by atoms with Crippen LogP contribution in [0.25, 0.3) is 11.0 Å². The fraction of sp³-hybridized carbons (Fsp3) is 0.176. The first kappa shape index (κ1) is 17.3. The van der Waals surface area contributed by atoms with Crippen molar-refractivity contribution in [3.8, 4) is 5.75 Å². The number of nitrogens with one attached hydrogen (secondary N) is 2. The number of aryl methyl sites for hydroxylation is 1. The molecule has 0 aliphatic heterocycles. The van der Waals surface area contributed by atoms with E-state index < -0.39 is 12.2 Å². The Hall–Kier alpha value is -2.48. The zero-order chi connectivity index (χ0) is 18.1. The predicted octanol–water partition coefficient (Wildman–Crippen LogP) is 4.83. The molecular formula is C17H14BrF2N3O2. The van der Waals surface area contributed by atoms with Crippen molar-refractivity contribution in [2.75, 3.05) is 12.4 Å². The first-order valence-corrected chi connectivity index (χ1v) is 8.11. The molecule has 1 heterocycles. The van der Waals surface area contributed by atoms with Crippen molar-refractivity contribution >= 4 is 38.6 Å². The maximum Gasteiger partial charge on any atom is 0.295 e. The number of nitrogens with zero attached hydrogens (tertiary/aromatic N) is 1. The number of carbonyl (C=O) groups is 1. The number of ether oxygens (including phenoxy) is 1. The largest absolute Gasteiger partial charge is 0.495 e. The van der Waals surface area contributed by atoms with E-state index in [9.17, 15) is 13.6 Å². The molecule has 130 valence electrons. The molecule has 2 aromatic carbocycles. The van der Waals surface area contributed by atoms with Gasteiger partial charge >= 0.3 is 0 Å². The minimum absolute atomic E-state index is 0.321. The Morgan fingerprint density at radius 2 is 2.08 bits per heavy atom. The summed E-state index contributed by atoms with van der Waals surface area (Å²) in [7, 11) is 1.51. The van der Waals surface area contributed by atoms with Gasteiger partial charge in [-0.05, 0) is 42.8 Å². The van der Waals surface area contributed by atoms with Gasteiger partial charge < -0.3 is 15.0 Å². The lowest BCUT2D eigenvalue weighted by atomic mass is 10.1. The van der Waals surface area contributed by atoms with Crippen molar-refractivity contribution in [1.29, 1.82) is 0 Å². The zero-order valence-corrected chi connectivity index (χ0v) is 14.9.